The number of hydrogen-bond donors (Lipinski definition) is 2. The number of anilines is 1. The Kier molecular flexibility index (Phi) is 6.59. The minimum Gasteiger partial charge on any atom is -0.326 e. The average molecular weight is 486 g/mol. The van der Waals surface area contributed by atoms with Crippen molar-refractivity contribution in [3.8, 4) is 0 Å². The van der Waals surface area contributed by atoms with E-state index in [4.69, 9.17) is 0 Å². The maximum atomic E-state index is 13.0. The molecule has 1 saturated heterocycles. The van der Waals surface area contributed by atoms with E-state index in [-0.39, 0.29) is 24.2 Å². The molecule has 2 aromatic rings. The fraction of sp³-hybridized carbons (Fsp3) is 0.304. The van der Waals surface area contributed by atoms with Crippen LogP contribution in [0.4, 0.5) is 10.5 Å². The average Bonchev–Trinajstić information content (AvgIpc) is 2.92. The van der Waals surface area contributed by atoms with Crippen LogP contribution in [0.15, 0.2) is 53.0 Å². The summed E-state index contributed by atoms with van der Waals surface area (Å²) in [5.41, 5.74) is 0.327. The van der Waals surface area contributed by atoms with Gasteiger partial charge in [-0.25, -0.2) is 4.79 Å². The number of halogens is 1. The summed E-state index contributed by atoms with van der Waals surface area (Å²) >= 11 is 3.35. The van der Waals surface area contributed by atoms with Crippen LogP contribution in [0.1, 0.15) is 43.1 Å². The van der Waals surface area contributed by atoms with Gasteiger partial charge < -0.3 is 10.6 Å². The Labute approximate surface area is 189 Å². The number of Topliss-reactive ketones (excluding diaryl/α,β-unsaturated/α-hetero) is 1. The Bertz CT molecular complexity index is 1020. The van der Waals surface area contributed by atoms with E-state index in [1.54, 1.807) is 55.5 Å². The number of urea groups is 1. The highest BCUT2D eigenvalue weighted by atomic mass is 79.9. The van der Waals surface area contributed by atoms with Crippen molar-refractivity contribution in [3.63, 3.8) is 0 Å². The molecular weight excluding hydrogens is 462 g/mol. The van der Waals surface area contributed by atoms with Gasteiger partial charge in [0.25, 0.3) is 5.91 Å². The van der Waals surface area contributed by atoms with E-state index in [1.165, 1.54) is 0 Å². The highest BCUT2D eigenvalue weighted by molar-refractivity contribution is 9.10. The molecule has 1 aliphatic heterocycles. The first-order valence-corrected chi connectivity index (χ1v) is 10.7. The van der Waals surface area contributed by atoms with Crippen LogP contribution < -0.4 is 10.6 Å². The lowest BCUT2D eigenvalue weighted by Gasteiger charge is -2.22. The zero-order chi connectivity index (χ0) is 22.8. The van der Waals surface area contributed by atoms with Gasteiger partial charge in [0.05, 0.1) is 6.54 Å². The summed E-state index contributed by atoms with van der Waals surface area (Å²) in [5, 5.41) is 5.47. The van der Waals surface area contributed by atoms with E-state index >= 15 is 0 Å². The lowest BCUT2D eigenvalue weighted by atomic mass is 9.92. The Hall–Kier alpha value is -3.00. The monoisotopic (exact) mass is 485 g/mol. The summed E-state index contributed by atoms with van der Waals surface area (Å²) in [4.78, 5) is 50.9. The van der Waals surface area contributed by atoms with Crippen molar-refractivity contribution in [2.24, 2.45) is 5.92 Å². The third-order valence-electron chi connectivity index (χ3n) is 5.08. The molecule has 0 aromatic heterocycles. The van der Waals surface area contributed by atoms with Gasteiger partial charge in [0.15, 0.2) is 5.78 Å². The summed E-state index contributed by atoms with van der Waals surface area (Å²) in [6, 6.07) is 12.9. The second-order valence-electron chi connectivity index (χ2n) is 8.10. The smallest absolute Gasteiger partial charge is 0.325 e. The van der Waals surface area contributed by atoms with Crippen LogP contribution >= 0.6 is 15.9 Å². The molecule has 1 atom stereocenters. The van der Waals surface area contributed by atoms with Crippen LogP contribution in [0.5, 0.6) is 0 Å². The Balaban J connectivity index is 1.68. The number of hydrogen-bond acceptors (Lipinski definition) is 4. The highest BCUT2D eigenvalue weighted by Crippen LogP contribution is 2.30. The first-order chi connectivity index (χ1) is 14.6. The number of nitrogens with one attached hydrogen (secondary N) is 2. The molecule has 2 aromatic carbocycles. The van der Waals surface area contributed by atoms with Gasteiger partial charge in [-0.3, -0.25) is 19.3 Å². The number of carbonyl (C=O) groups excluding carboxylic acids is 4. The fourth-order valence-corrected chi connectivity index (χ4v) is 3.64. The predicted octanol–water partition coefficient (Wildman–Crippen LogP) is 4.08. The van der Waals surface area contributed by atoms with Crippen LogP contribution in [-0.4, -0.2) is 35.1 Å². The first kappa shape index (κ1) is 22.7. The molecule has 2 N–H and O–H groups in total. The molecule has 162 valence electrons. The van der Waals surface area contributed by atoms with Crippen molar-refractivity contribution < 1.29 is 19.2 Å². The molecule has 1 aliphatic rings. The standard InChI is InChI=1S/C23H24BrN3O4/c1-14(2)12-20(29)25-18-10-4-15(5-11-18)19(28)13-27-21(30)23(3,26-22(27)31)16-6-8-17(24)9-7-16/h4-11,14H,12-13H2,1-3H3,(H,25,29)(H,26,31)/t23-/m0/s1. The van der Waals surface area contributed by atoms with Crippen LogP contribution in [0.3, 0.4) is 0 Å². The molecule has 0 saturated carbocycles. The molecule has 31 heavy (non-hydrogen) atoms. The van der Waals surface area contributed by atoms with Crippen molar-refractivity contribution in [1.82, 2.24) is 10.2 Å². The van der Waals surface area contributed by atoms with Gasteiger partial charge in [0.1, 0.15) is 5.54 Å². The summed E-state index contributed by atoms with van der Waals surface area (Å²) in [6.45, 7) is 5.17. The van der Waals surface area contributed by atoms with Crippen molar-refractivity contribution in [3.05, 3.63) is 64.1 Å². The van der Waals surface area contributed by atoms with Gasteiger partial charge in [-0.05, 0) is 54.8 Å². The van der Waals surface area contributed by atoms with Gasteiger partial charge >= 0.3 is 6.03 Å². The number of benzene rings is 2. The van der Waals surface area contributed by atoms with Gasteiger partial charge in [0, 0.05) is 22.1 Å². The fourth-order valence-electron chi connectivity index (χ4n) is 3.38. The quantitative estimate of drug-likeness (QED) is 0.456. The number of carbonyl (C=O) groups is 4. The van der Waals surface area contributed by atoms with Crippen molar-refractivity contribution in [1.29, 1.82) is 0 Å². The largest absolute Gasteiger partial charge is 0.326 e. The summed E-state index contributed by atoms with van der Waals surface area (Å²) in [6.07, 6.45) is 0.407. The summed E-state index contributed by atoms with van der Waals surface area (Å²) in [5.74, 6) is -0.705. The van der Waals surface area contributed by atoms with Crippen LogP contribution in [0.25, 0.3) is 0 Å². The summed E-state index contributed by atoms with van der Waals surface area (Å²) < 4.78 is 0.854. The van der Waals surface area contributed by atoms with E-state index in [9.17, 15) is 19.2 Å². The number of imide groups is 1. The van der Waals surface area contributed by atoms with Crippen LogP contribution in [-0.2, 0) is 15.1 Å². The van der Waals surface area contributed by atoms with Gasteiger partial charge in [0.2, 0.25) is 5.91 Å². The van der Waals surface area contributed by atoms with Gasteiger partial charge in [-0.2, -0.15) is 0 Å². The van der Waals surface area contributed by atoms with E-state index in [1.807, 2.05) is 13.8 Å². The van der Waals surface area contributed by atoms with E-state index in [0.717, 1.165) is 9.37 Å². The van der Waals surface area contributed by atoms with E-state index in [2.05, 4.69) is 26.6 Å². The normalized spacial score (nSPS) is 18.3. The Morgan fingerprint density at radius 2 is 1.68 bits per heavy atom. The minimum atomic E-state index is -1.23. The zero-order valence-corrected chi connectivity index (χ0v) is 19.2. The number of nitrogens with zero attached hydrogens (tertiary/aromatic N) is 1. The minimum absolute atomic E-state index is 0.0966. The summed E-state index contributed by atoms with van der Waals surface area (Å²) in [7, 11) is 0. The molecule has 8 heteroatoms. The molecule has 7 nitrogen and oxygen atoms in total. The van der Waals surface area contributed by atoms with Crippen LogP contribution in [0.2, 0.25) is 0 Å². The van der Waals surface area contributed by atoms with E-state index < -0.39 is 17.5 Å². The zero-order valence-electron chi connectivity index (χ0n) is 17.6. The molecule has 1 fully saturated rings. The highest BCUT2D eigenvalue weighted by Gasteiger charge is 2.49. The number of ketones is 1. The molecule has 3 rings (SSSR count). The topological polar surface area (TPSA) is 95.6 Å². The number of amides is 4. The third kappa shape index (κ3) is 5.02. The second-order valence-corrected chi connectivity index (χ2v) is 9.02. The SMILES string of the molecule is CC(C)CC(=O)Nc1ccc(C(=O)CN2C(=O)N[C@@](C)(c3ccc(Br)cc3)C2=O)cc1. The molecule has 0 spiro atoms. The molecular formula is C23H24BrN3O4. The lowest BCUT2D eigenvalue weighted by Crippen LogP contribution is -2.41. The van der Waals surface area contributed by atoms with Gasteiger partial charge in [-0.1, -0.05) is 41.9 Å². The van der Waals surface area contributed by atoms with Crippen molar-refractivity contribution >= 4 is 45.2 Å². The van der Waals surface area contributed by atoms with E-state index in [0.29, 0.717) is 23.2 Å². The Morgan fingerprint density at radius 1 is 1.06 bits per heavy atom. The Morgan fingerprint density at radius 3 is 2.26 bits per heavy atom. The lowest BCUT2D eigenvalue weighted by molar-refractivity contribution is -0.130. The number of rotatable bonds is 7. The molecule has 4 amide bonds. The molecule has 0 aliphatic carbocycles. The van der Waals surface area contributed by atoms with Gasteiger partial charge in [-0.15, -0.1) is 0 Å². The third-order valence-corrected chi connectivity index (χ3v) is 5.61. The maximum absolute atomic E-state index is 13.0. The second kappa shape index (κ2) is 9.01. The maximum Gasteiger partial charge on any atom is 0.325 e. The molecule has 1 heterocycles. The van der Waals surface area contributed by atoms with Crippen molar-refractivity contribution in [2.75, 3.05) is 11.9 Å². The molecule has 0 radical (unpaired) electrons. The molecule has 0 bridgehead atoms. The van der Waals surface area contributed by atoms with Crippen LogP contribution in [0, 0.1) is 5.92 Å². The molecule has 0 unspecified atom stereocenters. The van der Waals surface area contributed by atoms with Crippen molar-refractivity contribution in [2.45, 2.75) is 32.7 Å². The first-order valence-electron chi connectivity index (χ1n) is 9.93. The predicted molar refractivity (Wildman–Crippen MR) is 121 cm³/mol.